The van der Waals surface area contributed by atoms with Crippen LogP contribution in [0.2, 0.25) is 0 Å². The fourth-order valence-electron chi connectivity index (χ4n) is 2.40. The molecular formula is C15H18N2O. The molecule has 0 aliphatic heterocycles. The predicted molar refractivity (Wildman–Crippen MR) is 71.7 cm³/mol. The van der Waals surface area contributed by atoms with Gasteiger partial charge in [-0.2, -0.15) is 0 Å². The summed E-state index contributed by atoms with van der Waals surface area (Å²) >= 11 is 0. The van der Waals surface area contributed by atoms with E-state index in [0.717, 1.165) is 19.3 Å². The fourth-order valence-corrected chi connectivity index (χ4v) is 2.40. The summed E-state index contributed by atoms with van der Waals surface area (Å²) in [6.07, 6.45) is 8.58. The topological polar surface area (TPSA) is 55.1 Å². The van der Waals surface area contributed by atoms with Crippen LogP contribution in [0, 0.1) is 12.3 Å². The molecule has 0 heterocycles. The van der Waals surface area contributed by atoms with E-state index in [2.05, 4.69) is 23.4 Å². The Morgan fingerprint density at radius 1 is 1.56 bits per heavy atom. The van der Waals surface area contributed by atoms with Crippen LogP contribution in [-0.4, -0.2) is 11.9 Å². The number of aryl methyl sites for hydroxylation is 1. The van der Waals surface area contributed by atoms with Crippen LogP contribution in [-0.2, 0) is 11.2 Å². The number of benzene rings is 1. The van der Waals surface area contributed by atoms with Gasteiger partial charge in [-0.05, 0) is 30.4 Å². The van der Waals surface area contributed by atoms with Crippen molar-refractivity contribution in [2.45, 2.75) is 37.8 Å². The minimum Gasteiger partial charge on any atom is -0.348 e. The van der Waals surface area contributed by atoms with Crippen molar-refractivity contribution in [2.24, 2.45) is 5.73 Å². The lowest BCUT2D eigenvalue weighted by atomic mass is 9.87. The first-order valence-electron chi connectivity index (χ1n) is 6.29. The van der Waals surface area contributed by atoms with Crippen molar-refractivity contribution >= 4 is 5.91 Å². The molecule has 18 heavy (non-hydrogen) atoms. The first kappa shape index (κ1) is 12.7. The van der Waals surface area contributed by atoms with E-state index in [0.29, 0.717) is 0 Å². The van der Waals surface area contributed by atoms with Crippen LogP contribution in [0.3, 0.4) is 0 Å². The maximum Gasteiger partial charge on any atom is 0.238 e. The zero-order valence-electron chi connectivity index (χ0n) is 10.4. The number of carbonyl (C=O) groups excluding carboxylic acids is 1. The number of fused-ring (bicyclic) bond motifs is 1. The molecule has 0 saturated carbocycles. The molecule has 1 aromatic rings. The van der Waals surface area contributed by atoms with Gasteiger partial charge in [-0.1, -0.05) is 24.3 Å². The molecule has 3 nitrogen and oxygen atoms in total. The van der Waals surface area contributed by atoms with Gasteiger partial charge in [-0.3, -0.25) is 4.79 Å². The van der Waals surface area contributed by atoms with Crippen molar-refractivity contribution in [3.8, 4) is 12.3 Å². The lowest BCUT2D eigenvalue weighted by Crippen LogP contribution is -2.42. The van der Waals surface area contributed by atoms with E-state index in [1.807, 2.05) is 12.1 Å². The first-order chi connectivity index (χ1) is 8.72. The van der Waals surface area contributed by atoms with Crippen molar-refractivity contribution in [3.05, 3.63) is 35.4 Å². The van der Waals surface area contributed by atoms with Gasteiger partial charge in [0.05, 0.1) is 12.1 Å². The van der Waals surface area contributed by atoms with Gasteiger partial charge < -0.3 is 11.1 Å². The number of amides is 1. The monoisotopic (exact) mass is 242 g/mol. The van der Waals surface area contributed by atoms with E-state index in [-0.39, 0.29) is 18.4 Å². The molecule has 1 aliphatic rings. The van der Waals surface area contributed by atoms with E-state index < -0.39 is 6.04 Å². The fraction of sp³-hybridized carbons (Fsp3) is 0.400. The standard InChI is InChI=1S/C15H18N2O/c1-2-6-13(16)15(18)17-14-10-5-8-11-7-3-4-9-12(11)14/h1,3-4,7,9,13-14H,5-6,8,10,16H2,(H,17,18). The Kier molecular flexibility index (Phi) is 4.01. The molecule has 1 amide bonds. The van der Waals surface area contributed by atoms with Crippen LogP contribution in [0.1, 0.15) is 36.4 Å². The minimum atomic E-state index is -0.607. The Balaban J connectivity index is 2.08. The van der Waals surface area contributed by atoms with Crippen molar-refractivity contribution < 1.29 is 4.79 Å². The van der Waals surface area contributed by atoms with E-state index in [4.69, 9.17) is 12.2 Å². The molecule has 0 bridgehead atoms. The first-order valence-corrected chi connectivity index (χ1v) is 6.29. The third kappa shape index (κ3) is 2.72. The Morgan fingerprint density at radius 2 is 2.33 bits per heavy atom. The number of hydrogen-bond donors (Lipinski definition) is 2. The number of rotatable bonds is 3. The van der Waals surface area contributed by atoms with Gasteiger partial charge in [-0.25, -0.2) is 0 Å². The maximum atomic E-state index is 11.9. The molecule has 94 valence electrons. The van der Waals surface area contributed by atoms with Gasteiger partial charge >= 0.3 is 0 Å². The summed E-state index contributed by atoms with van der Waals surface area (Å²) in [5.74, 6) is 2.26. The third-order valence-corrected chi connectivity index (χ3v) is 3.36. The second kappa shape index (κ2) is 5.70. The molecule has 1 aliphatic carbocycles. The van der Waals surface area contributed by atoms with Crippen LogP contribution in [0.4, 0.5) is 0 Å². The largest absolute Gasteiger partial charge is 0.348 e. The van der Waals surface area contributed by atoms with Gasteiger partial charge in [0.25, 0.3) is 0 Å². The second-order valence-corrected chi connectivity index (χ2v) is 4.67. The van der Waals surface area contributed by atoms with Crippen LogP contribution < -0.4 is 11.1 Å². The highest BCUT2D eigenvalue weighted by Crippen LogP contribution is 2.29. The van der Waals surface area contributed by atoms with Crippen LogP contribution in [0.5, 0.6) is 0 Å². The van der Waals surface area contributed by atoms with Crippen molar-refractivity contribution in [2.75, 3.05) is 0 Å². The Morgan fingerprint density at radius 3 is 3.11 bits per heavy atom. The van der Waals surface area contributed by atoms with E-state index in [9.17, 15) is 4.79 Å². The Labute approximate surface area is 108 Å². The zero-order valence-corrected chi connectivity index (χ0v) is 10.4. The molecule has 3 N–H and O–H groups in total. The smallest absolute Gasteiger partial charge is 0.238 e. The number of carbonyl (C=O) groups is 1. The van der Waals surface area contributed by atoms with Crippen molar-refractivity contribution in [1.29, 1.82) is 0 Å². The van der Waals surface area contributed by atoms with Crippen molar-refractivity contribution in [1.82, 2.24) is 5.32 Å². The lowest BCUT2D eigenvalue weighted by Gasteiger charge is -2.27. The molecule has 3 heteroatoms. The normalized spacial score (nSPS) is 19.4. The summed E-state index contributed by atoms with van der Waals surface area (Å²) in [4.78, 5) is 11.9. The summed E-state index contributed by atoms with van der Waals surface area (Å²) < 4.78 is 0. The van der Waals surface area contributed by atoms with E-state index >= 15 is 0 Å². The minimum absolute atomic E-state index is 0.0753. The third-order valence-electron chi connectivity index (χ3n) is 3.36. The molecule has 0 spiro atoms. The summed E-state index contributed by atoms with van der Waals surface area (Å²) in [5.41, 5.74) is 8.24. The molecule has 1 aromatic carbocycles. The predicted octanol–water partition coefficient (Wildman–Crippen LogP) is 1.53. The Bertz CT molecular complexity index is 476. The molecule has 0 fully saturated rings. The number of nitrogens with one attached hydrogen (secondary N) is 1. The summed E-state index contributed by atoms with van der Waals surface area (Å²) in [7, 11) is 0. The maximum absolute atomic E-state index is 11.9. The van der Waals surface area contributed by atoms with Crippen molar-refractivity contribution in [3.63, 3.8) is 0 Å². The number of terminal acetylenes is 1. The zero-order chi connectivity index (χ0) is 13.0. The molecule has 2 rings (SSSR count). The molecule has 2 atom stereocenters. The SMILES string of the molecule is C#CCC(N)C(=O)NC1CCCc2ccccc21. The highest BCUT2D eigenvalue weighted by Gasteiger charge is 2.23. The molecule has 0 saturated heterocycles. The van der Waals surface area contributed by atoms with Gasteiger partial charge in [0.2, 0.25) is 5.91 Å². The molecule has 2 unspecified atom stereocenters. The molecule has 0 radical (unpaired) electrons. The summed E-state index contributed by atoms with van der Waals surface area (Å²) in [5, 5.41) is 3.00. The van der Waals surface area contributed by atoms with Crippen LogP contribution in [0.25, 0.3) is 0 Å². The Hall–Kier alpha value is -1.79. The summed E-state index contributed by atoms with van der Waals surface area (Å²) in [6, 6.07) is 7.70. The van der Waals surface area contributed by atoms with Gasteiger partial charge in [0.15, 0.2) is 0 Å². The lowest BCUT2D eigenvalue weighted by molar-refractivity contribution is -0.123. The van der Waals surface area contributed by atoms with Gasteiger partial charge in [-0.15, -0.1) is 12.3 Å². The average Bonchev–Trinajstić information content (AvgIpc) is 2.39. The van der Waals surface area contributed by atoms with Crippen LogP contribution >= 0.6 is 0 Å². The quantitative estimate of drug-likeness (QED) is 0.790. The summed E-state index contributed by atoms with van der Waals surface area (Å²) in [6.45, 7) is 0. The number of hydrogen-bond acceptors (Lipinski definition) is 2. The number of nitrogens with two attached hydrogens (primary N) is 1. The van der Waals surface area contributed by atoms with Crippen LogP contribution in [0.15, 0.2) is 24.3 Å². The van der Waals surface area contributed by atoms with E-state index in [1.54, 1.807) is 0 Å². The second-order valence-electron chi connectivity index (χ2n) is 4.67. The highest BCUT2D eigenvalue weighted by molar-refractivity contribution is 5.82. The van der Waals surface area contributed by atoms with Gasteiger partial charge in [0, 0.05) is 6.42 Å². The average molecular weight is 242 g/mol. The molecular weight excluding hydrogens is 224 g/mol. The highest BCUT2D eigenvalue weighted by atomic mass is 16.2. The molecule has 0 aromatic heterocycles. The van der Waals surface area contributed by atoms with E-state index in [1.165, 1.54) is 11.1 Å². The van der Waals surface area contributed by atoms with Gasteiger partial charge in [0.1, 0.15) is 0 Å².